The van der Waals surface area contributed by atoms with Crippen molar-refractivity contribution in [2.45, 2.75) is 0 Å². The summed E-state index contributed by atoms with van der Waals surface area (Å²) in [7, 11) is 0. The van der Waals surface area contributed by atoms with Gasteiger partial charge in [0.05, 0.1) is 5.52 Å². The average Bonchev–Trinajstić information content (AvgIpc) is 2.47. The smallest absolute Gasteiger partial charge is 0.248 e. The number of pyridine rings is 1. The number of rotatable bonds is 2. The predicted octanol–water partition coefficient (Wildman–Crippen LogP) is 2.90. The number of benzene rings is 2. The molecule has 0 saturated carbocycles. The second-order valence-corrected chi connectivity index (χ2v) is 4.44. The van der Waals surface area contributed by atoms with Crippen LogP contribution in [0.25, 0.3) is 10.9 Å². The topological polar surface area (TPSA) is 49.9 Å². The zero-order chi connectivity index (χ0) is 14.1. The second-order valence-electron chi connectivity index (χ2n) is 4.44. The highest BCUT2D eigenvalue weighted by atomic mass is 19.1. The maximum absolute atomic E-state index is 13.6. The first kappa shape index (κ1) is 12.3. The normalized spacial score (nSPS) is 10.7. The number of hydrogen-bond acceptors (Lipinski definition) is 2. The monoisotopic (exact) mass is 267 g/mol. The summed E-state index contributed by atoms with van der Waals surface area (Å²) < 4.78 is 13.6. The number of hydrogen-bond donors (Lipinski definition) is 1. The number of ketones is 1. The average molecular weight is 267 g/mol. The lowest BCUT2D eigenvalue weighted by Gasteiger charge is -2.06. The lowest BCUT2D eigenvalue weighted by Crippen LogP contribution is -2.09. The minimum atomic E-state index is -0.510. The fraction of sp³-hybridized carbons (Fsp3) is 0. The molecule has 98 valence electrons. The van der Waals surface area contributed by atoms with Gasteiger partial charge in [0, 0.05) is 22.6 Å². The SMILES string of the molecule is O=C(c1ccccc1)c1cc(F)cc2ccc(=O)[nH]c12. The molecule has 0 radical (unpaired) electrons. The van der Waals surface area contributed by atoms with Gasteiger partial charge in [-0.2, -0.15) is 0 Å². The third-order valence-electron chi connectivity index (χ3n) is 3.08. The Bertz CT molecular complexity index is 853. The molecule has 3 rings (SSSR count). The molecule has 1 heterocycles. The van der Waals surface area contributed by atoms with E-state index in [0.29, 0.717) is 16.5 Å². The molecule has 0 aliphatic heterocycles. The number of nitrogens with one attached hydrogen (secondary N) is 1. The van der Waals surface area contributed by atoms with Gasteiger partial charge in [-0.15, -0.1) is 0 Å². The molecule has 1 aromatic heterocycles. The van der Waals surface area contributed by atoms with Crippen molar-refractivity contribution in [2.24, 2.45) is 0 Å². The Morgan fingerprint density at radius 3 is 2.50 bits per heavy atom. The van der Waals surface area contributed by atoms with Gasteiger partial charge in [-0.1, -0.05) is 30.3 Å². The summed E-state index contributed by atoms with van der Waals surface area (Å²) in [4.78, 5) is 26.4. The van der Waals surface area contributed by atoms with Crippen LogP contribution in [0.3, 0.4) is 0 Å². The minimum absolute atomic E-state index is 0.156. The van der Waals surface area contributed by atoms with E-state index in [0.717, 1.165) is 6.07 Å². The van der Waals surface area contributed by atoms with Gasteiger partial charge in [0.25, 0.3) is 0 Å². The number of aromatic nitrogens is 1. The number of carbonyl (C=O) groups is 1. The first-order chi connectivity index (χ1) is 9.65. The molecule has 0 spiro atoms. The van der Waals surface area contributed by atoms with E-state index >= 15 is 0 Å². The molecule has 3 nitrogen and oxygen atoms in total. The zero-order valence-electron chi connectivity index (χ0n) is 10.4. The largest absolute Gasteiger partial charge is 0.321 e. The summed E-state index contributed by atoms with van der Waals surface area (Å²) in [5, 5.41) is 0.490. The third-order valence-corrected chi connectivity index (χ3v) is 3.08. The maximum atomic E-state index is 13.6. The Balaban J connectivity index is 2.28. The first-order valence-electron chi connectivity index (χ1n) is 6.07. The van der Waals surface area contributed by atoms with Crippen molar-refractivity contribution in [3.05, 3.63) is 81.9 Å². The predicted molar refractivity (Wildman–Crippen MR) is 74.4 cm³/mol. The molecule has 0 aliphatic carbocycles. The molecule has 20 heavy (non-hydrogen) atoms. The van der Waals surface area contributed by atoms with E-state index in [1.54, 1.807) is 30.3 Å². The van der Waals surface area contributed by atoms with Crippen molar-refractivity contribution in [3.8, 4) is 0 Å². The van der Waals surface area contributed by atoms with E-state index in [1.807, 2.05) is 0 Å². The van der Waals surface area contributed by atoms with Crippen molar-refractivity contribution in [1.29, 1.82) is 0 Å². The number of aromatic amines is 1. The van der Waals surface area contributed by atoms with E-state index in [1.165, 1.54) is 18.2 Å². The lowest BCUT2D eigenvalue weighted by molar-refractivity contribution is 0.103. The summed E-state index contributed by atoms with van der Waals surface area (Å²) in [6.45, 7) is 0. The lowest BCUT2D eigenvalue weighted by atomic mass is 10.0. The maximum Gasteiger partial charge on any atom is 0.248 e. The Morgan fingerprint density at radius 1 is 1.00 bits per heavy atom. The van der Waals surface area contributed by atoms with Crippen LogP contribution in [0.4, 0.5) is 4.39 Å². The molecule has 0 fully saturated rings. The van der Waals surface area contributed by atoms with Gasteiger partial charge in [-0.25, -0.2) is 4.39 Å². The summed E-state index contributed by atoms with van der Waals surface area (Å²) in [5.74, 6) is -0.833. The first-order valence-corrected chi connectivity index (χ1v) is 6.07. The molecule has 2 aromatic carbocycles. The molecule has 0 unspecified atom stereocenters. The highest BCUT2D eigenvalue weighted by Crippen LogP contribution is 2.20. The van der Waals surface area contributed by atoms with Crippen LogP contribution in [0.15, 0.2) is 59.4 Å². The Hall–Kier alpha value is -2.75. The Kier molecular flexibility index (Phi) is 2.91. The van der Waals surface area contributed by atoms with Crippen LogP contribution in [0.1, 0.15) is 15.9 Å². The van der Waals surface area contributed by atoms with Gasteiger partial charge in [0.2, 0.25) is 5.56 Å². The molecule has 0 aliphatic rings. The van der Waals surface area contributed by atoms with Crippen LogP contribution in [0, 0.1) is 5.82 Å². The van der Waals surface area contributed by atoms with Gasteiger partial charge in [-0.05, 0) is 18.2 Å². The minimum Gasteiger partial charge on any atom is -0.321 e. The van der Waals surface area contributed by atoms with Gasteiger partial charge in [0.15, 0.2) is 5.78 Å². The van der Waals surface area contributed by atoms with Crippen molar-refractivity contribution in [2.75, 3.05) is 0 Å². The van der Waals surface area contributed by atoms with Crippen molar-refractivity contribution < 1.29 is 9.18 Å². The quantitative estimate of drug-likeness (QED) is 0.726. The fourth-order valence-corrected chi connectivity index (χ4v) is 2.15. The van der Waals surface area contributed by atoms with E-state index in [9.17, 15) is 14.0 Å². The number of H-pyrrole nitrogens is 1. The second kappa shape index (κ2) is 4.74. The molecular formula is C16H10FNO2. The van der Waals surface area contributed by atoms with Crippen LogP contribution in [0.2, 0.25) is 0 Å². The van der Waals surface area contributed by atoms with Gasteiger partial charge in [0.1, 0.15) is 5.82 Å². The van der Waals surface area contributed by atoms with Gasteiger partial charge in [-0.3, -0.25) is 9.59 Å². The van der Waals surface area contributed by atoms with Crippen molar-refractivity contribution >= 4 is 16.7 Å². The molecule has 0 saturated heterocycles. The van der Waals surface area contributed by atoms with E-state index in [4.69, 9.17) is 0 Å². The molecule has 3 aromatic rings. The third kappa shape index (κ3) is 2.12. The molecule has 0 atom stereocenters. The van der Waals surface area contributed by atoms with Gasteiger partial charge >= 0.3 is 0 Å². The Morgan fingerprint density at radius 2 is 1.75 bits per heavy atom. The van der Waals surface area contributed by atoms with Crippen LogP contribution >= 0.6 is 0 Å². The summed E-state index contributed by atoms with van der Waals surface area (Å²) >= 11 is 0. The molecule has 1 N–H and O–H groups in total. The van der Waals surface area contributed by atoms with Crippen LogP contribution in [-0.4, -0.2) is 10.8 Å². The fourth-order valence-electron chi connectivity index (χ4n) is 2.15. The molecule has 0 amide bonds. The number of carbonyl (C=O) groups excluding carboxylic acids is 1. The molecule has 0 bridgehead atoms. The van der Waals surface area contributed by atoms with Crippen molar-refractivity contribution in [3.63, 3.8) is 0 Å². The standard InChI is InChI=1S/C16H10FNO2/c17-12-8-11-6-7-14(19)18-15(11)13(9-12)16(20)10-4-2-1-3-5-10/h1-9H,(H,18,19). The summed E-state index contributed by atoms with van der Waals surface area (Å²) in [6, 6.07) is 13.8. The highest BCUT2D eigenvalue weighted by Gasteiger charge is 2.14. The zero-order valence-corrected chi connectivity index (χ0v) is 10.4. The number of halogens is 1. The van der Waals surface area contributed by atoms with Crippen LogP contribution < -0.4 is 5.56 Å². The van der Waals surface area contributed by atoms with Gasteiger partial charge < -0.3 is 4.98 Å². The van der Waals surface area contributed by atoms with Crippen LogP contribution in [0.5, 0.6) is 0 Å². The summed E-state index contributed by atoms with van der Waals surface area (Å²) in [6.07, 6.45) is 0. The van der Waals surface area contributed by atoms with E-state index in [-0.39, 0.29) is 16.9 Å². The van der Waals surface area contributed by atoms with Crippen molar-refractivity contribution in [1.82, 2.24) is 4.98 Å². The van der Waals surface area contributed by atoms with Crippen LogP contribution in [-0.2, 0) is 0 Å². The van der Waals surface area contributed by atoms with E-state index in [2.05, 4.69) is 4.98 Å². The highest BCUT2D eigenvalue weighted by molar-refractivity contribution is 6.15. The van der Waals surface area contributed by atoms with E-state index < -0.39 is 5.82 Å². The molecular weight excluding hydrogens is 257 g/mol. The number of fused-ring (bicyclic) bond motifs is 1. The Labute approximate surface area is 113 Å². The summed E-state index contributed by atoms with van der Waals surface area (Å²) in [5.41, 5.74) is 0.631. The molecule has 4 heteroatoms.